The molecule has 0 aromatic carbocycles. The minimum absolute atomic E-state index is 0.0834. The van der Waals surface area contributed by atoms with Gasteiger partial charge in [0.25, 0.3) is 5.91 Å². The van der Waals surface area contributed by atoms with E-state index in [1.807, 2.05) is 0 Å². The van der Waals surface area contributed by atoms with Crippen LogP contribution in [0, 0.1) is 0 Å². The molecule has 0 fully saturated rings. The molecule has 0 bridgehead atoms. The zero-order valence-corrected chi connectivity index (χ0v) is 23.7. The number of nitrogens with zero attached hydrogens (tertiary/aromatic N) is 1. The molecule has 0 aliphatic heterocycles. The summed E-state index contributed by atoms with van der Waals surface area (Å²) in [7, 11) is 0.0834. The van der Waals surface area contributed by atoms with Gasteiger partial charge in [-0.1, -0.05) is 77.6 Å². The van der Waals surface area contributed by atoms with E-state index in [1.165, 1.54) is 12.8 Å². The van der Waals surface area contributed by atoms with Crippen LogP contribution in [0.25, 0.3) is 0 Å². The Morgan fingerprint density at radius 1 is 0.523 bits per heavy atom. The van der Waals surface area contributed by atoms with E-state index in [0.29, 0.717) is 6.42 Å². The average molecular weight is 682 g/mol. The fourth-order valence-electron chi connectivity index (χ4n) is 3.78. The number of halogens is 15. The molecule has 0 saturated carbocycles. The molecule has 1 amide bonds. The largest absolute Gasteiger partial charge is 0.464 e. The van der Waals surface area contributed by atoms with Crippen molar-refractivity contribution in [1.29, 1.82) is 0 Å². The molecule has 0 N–H and O–H groups in total. The summed E-state index contributed by atoms with van der Waals surface area (Å²) in [5.41, 5.74) is 0. The van der Waals surface area contributed by atoms with E-state index < -0.39 is 65.0 Å². The van der Waals surface area contributed by atoms with Crippen LogP contribution in [0.15, 0.2) is 0 Å². The van der Waals surface area contributed by atoms with Gasteiger partial charge in [-0.05, 0) is 6.42 Å². The molecule has 4 nitrogen and oxygen atoms in total. The molecule has 0 aromatic heterocycles. The zero-order chi connectivity index (χ0) is 34.8. The van der Waals surface area contributed by atoms with E-state index >= 15 is 0 Å². The highest BCUT2D eigenvalue weighted by Gasteiger charge is 2.94. The second-order valence-corrected chi connectivity index (χ2v) is 10.2. The summed E-state index contributed by atoms with van der Waals surface area (Å²) in [6.45, 7) is 0.0714. The quantitative estimate of drug-likeness (QED) is 0.0690. The van der Waals surface area contributed by atoms with Crippen molar-refractivity contribution in [3.05, 3.63) is 0 Å². The number of amides is 1. The average Bonchev–Trinajstić information content (AvgIpc) is 2.89. The molecule has 0 rings (SSSR count). The Balaban J connectivity index is 5.09. The first-order chi connectivity index (χ1) is 19.8. The maximum atomic E-state index is 14.1. The number of unbranched alkanes of at least 4 members (excludes halogenated alkanes) is 11. The first-order valence-electron chi connectivity index (χ1n) is 13.5. The molecule has 0 spiro atoms. The summed E-state index contributed by atoms with van der Waals surface area (Å²) < 4.78 is 204. The van der Waals surface area contributed by atoms with Gasteiger partial charge in [0.05, 0.1) is 6.61 Å². The number of hydrogen-bond donors (Lipinski definition) is 0. The number of carbonyl (C=O) groups is 2. The number of esters is 1. The van der Waals surface area contributed by atoms with Crippen LogP contribution in [-0.2, 0) is 14.3 Å². The molecule has 0 atom stereocenters. The minimum Gasteiger partial charge on any atom is -0.464 e. The third kappa shape index (κ3) is 9.22. The lowest BCUT2D eigenvalue weighted by molar-refractivity contribution is -0.449. The van der Waals surface area contributed by atoms with E-state index in [-0.39, 0.29) is 20.1 Å². The third-order valence-corrected chi connectivity index (χ3v) is 6.57. The van der Waals surface area contributed by atoms with Crippen molar-refractivity contribution in [2.75, 3.05) is 20.2 Å². The number of carbonyl (C=O) groups excluding carboxylic acids is 2. The monoisotopic (exact) mass is 681 g/mol. The van der Waals surface area contributed by atoms with Crippen LogP contribution in [0.4, 0.5) is 65.9 Å². The highest BCUT2D eigenvalue weighted by atomic mass is 19.4. The number of alkyl halides is 15. The predicted molar refractivity (Wildman–Crippen MR) is 125 cm³/mol. The second-order valence-electron chi connectivity index (χ2n) is 10.2. The van der Waals surface area contributed by atoms with Crippen LogP contribution in [0.2, 0.25) is 0 Å². The van der Waals surface area contributed by atoms with Gasteiger partial charge in [-0.2, -0.15) is 65.9 Å². The smallest absolute Gasteiger partial charge is 0.460 e. The third-order valence-electron chi connectivity index (χ3n) is 6.57. The maximum Gasteiger partial charge on any atom is 0.460 e. The van der Waals surface area contributed by atoms with Crippen LogP contribution >= 0.6 is 0 Å². The van der Waals surface area contributed by atoms with Crippen molar-refractivity contribution < 1.29 is 80.2 Å². The highest BCUT2D eigenvalue weighted by Crippen LogP contribution is 2.62. The molecule has 0 saturated heterocycles. The Hall–Kier alpha value is -2.11. The zero-order valence-electron chi connectivity index (χ0n) is 23.7. The molecule has 0 heterocycles. The topological polar surface area (TPSA) is 46.6 Å². The van der Waals surface area contributed by atoms with Gasteiger partial charge < -0.3 is 9.64 Å². The van der Waals surface area contributed by atoms with Crippen molar-refractivity contribution in [3.63, 3.8) is 0 Å². The van der Waals surface area contributed by atoms with Crippen LogP contribution in [0.3, 0.4) is 0 Å². The van der Waals surface area contributed by atoms with E-state index in [0.717, 1.165) is 51.4 Å². The highest BCUT2D eigenvalue weighted by molar-refractivity contribution is 5.88. The van der Waals surface area contributed by atoms with Gasteiger partial charge in [0.15, 0.2) is 0 Å². The molecule has 0 aromatic rings. The molecule has 0 aliphatic carbocycles. The lowest BCUT2D eigenvalue weighted by atomic mass is 9.90. The molecule has 262 valence electrons. The van der Waals surface area contributed by atoms with E-state index in [2.05, 4.69) is 11.7 Å². The Kier molecular flexibility index (Phi) is 15.2. The summed E-state index contributed by atoms with van der Waals surface area (Å²) in [5.74, 6) is -53.7. The summed E-state index contributed by atoms with van der Waals surface area (Å²) in [6, 6.07) is 0. The standard InChI is InChI=1S/C25H34F15NO3/c1-3-4-5-6-7-8-9-10-11-12-13-14-15-44-17(42)16-41(2)18(43)19(26,27)20(28,29)21(30,31)22(32,33)23(34,35)24(36,37)25(38,39)40/h3-16H2,1-2H3. The van der Waals surface area contributed by atoms with Crippen molar-refractivity contribution in [2.24, 2.45) is 0 Å². The summed E-state index contributed by atoms with van der Waals surface area (Å²) in [6.07, 6.45) is 3.47. The molecule has 19 heteroatoms. The molecular weight excluding hydrogens is 647 g/mol. The fraction of sp³-hybridized carbons (Fsp3) is 0.920. The Labute approximate surface area is 243 Å². The van der Waals surface area contributed by atoms with Crippen molar-refractivity contribution >= 4 is 11.9 Å². The Morgan fingerprint density at radius 3 is 1.25 bits per heavy atom. The first kappa shape index (κ1) is 41.9. The molecule has 44 heavy (non-hydrogen) atoms. The van der Waals surface area contributed by atoms with Crippen molar-refractivity contribution in [1.82, 2.24) is 4.90 Å². The number of rotatable bonds is 21. The molecule has 0 radical (unpaired) electrons. The van der Waals surface area contributed by atoms with E-state index in [9.17, 15) is 75.4 Å². The second kappa shape index (κ2) is 15.9. The molecule has 0 unspecified atom stereocenters. The van der Waals surface area contributed by atoms with Crippen LogP contribution < -0.4 is 0 Å². The van der Waals surface area contributed by atoms with Gasteiger partial charge >= 0.3 is 47.7 Å². The summed E-state index contributed by atoms with van der Waals surface area (Å²) >= 11 is 0. The van der Waals surface area contributed by atoms with Gasteiger partial charge in [0.1, 0.15) is 6.54 Å². The number of ether oxygens (including phenoxy) is 1. The van der Waals surface area contributed by atoms with Crippen LogP contribution in [0.1, 0.15) is 84.0 Å². The molecule has 0 aliphatic rings. The van der Waals surface area contributed by atoms with E-state index in [4.69, 9.17) is 0 Å². The molecular formula is C25H34F15NO3. The maximum absolute atomic E-state index is 14.1. The van der Waals surface area contributed by atoms with Gasteiger partial charge in [-0.25, -0.2) is 0 Å². The summed E-state index contributed by atoms with van der Waals surface area (Å²) in [5, 5.41) is 0. The normalized spacial score (nSPS) is 14.1. The van der Waals surface area contributed by atoms with Gasteiger partial charge in [0.2, 0.25) is 0 Å². The Morgan fingerprint density at radius 2 is 0.864 bits per heavy atom. The lowest BCUT2D eigenvalue weighted by Gasteiger charge is -2.41. The minimum atomic E-state index is -8.50. The van der Waals surface area contributed by atoms with Gasteiger partial charge in [-0.3, -0.25) is 9.59 Å². The van der Waals surface area contributed by atoms with E-state index in [1.54, 1.807) is 0 Å². The van der Waals surface area contributed by atoms with Crippen molar-refractivity contribution in [2.45, 2.75) is 126 Å². The first-order valence-corrected chi connectivity index (χ1v) is 13.5. The predicted octanol–water partition coefficient (Wildman–Crippen LogP) is 9.06. The van der Waals surface area contributed by atoms with Crippen LogP contribution in [-0.4, -0.2) is 78.7 Å². The number of likely N-dealkylation sites (N-methyl/N-ethyl adjacent to an activating group) is 1. The fourth-order valence-corrected chi connectivity index (χ4v) is 3.78. The number of hydrogen-bond acceptors (Lipinski definition) is 3. The SMILES string of the molecule is CCCCCCCCCCCCCCOC(=O)CN(C)C(=O)C(F)(F)C(F)(F)C(F)(F)C(F)(F)C(F)(F)C(F)(F)C(F)(F)F. The van der Waals surface area contributed by atoms with Crippen molar-refractivity contribution in [3.8, 4) is 0 Å². The summed E-state index contributed by atoms with van der Waals surface area (Å²) in [4.78, 5) is 22.7. The van der Waals surface area contributed by atoms with Gasteiger partial charge in [0, 0.05) is 7.05 Å². The van der Waals surface area contributed by atoms with Gasteiger partial charge in [-0.15, -0.1) is 0 Å². The van der Waals surface area contributed by atoms with Crippen LogP contribution in [0.5, 0.6) is 0 Å². The lowest BCUT2D eigenvalue weighted by Crippen LogP contribution is -2.74. The Bertz CT molecular complexity index is 908.